The number of carboxylic acid groups (broad SMARTS) is 1. The van der Waals surface area contributed by atoms with Crippen LogP contribution in [0.3, 0.4) is 0 Å². The van der Waals surface area contributed by atoms with Gasteiger partial charge in [-0.25, -0.2) is 28.8 Å². The van der Waals surface area contributed by atoms with Crippen LogP contribution in [-0.2, 0) is 76.2 Å². The van der Waals surface area contributed by atoms with Gasteiger partial charge in [0, 0.05) is 50.7 Å². The highest BCUT2D eigenvalue weighted by atomic mass is 16.6. The van der Waals surface area contributed by atoms with Crippen LogP contribution in [0, 0.1) is 0 Å². The molecule has 0 saturated heterocycles. The second kappa shape index (κ2) is 61.4. The molecule has 0 aromatic heterocycles. The number of carboxylic acids is 1. The minimum absolute atomic E-state index is 0.0417. The van der Waals surface area contributed by atoms with Gasteiger partial charge < -0.3 is 58.0 Å². The normalized spacial score (nSPS) is 13.4. The van der Waals surface area contributed by atoms with Gasteiger partial charge in [0.1, 0.15) is 44.2 Å². The Kier molecular flexibility index (Phi) is 56.2. The summed E-state index contributed by atoms with van der Waals surface area (Å²) in [6.45, 7) is 13.0. The number of methoxy groups -OCH3 is 1. The molecule has 21 heteroatoms. The Morgan fingerprint density at radius 1 is 0.384 bits per heavy atom. The fraction of sp³-hybridized carbons (Fsp3) is 0.731. The summed E-state index contributed by atoms with van der Waals surface area (Å²) in [5.41, 5.74) is 0.175. The van der Waals surface area contributed by atoms with E-state index in [-0.39, 0.29) is 56.8 Å². The smallest absolute Gasteiger partial charge is 0.339 e. The molecule has 0 aliphatic carbocycles. The molecule has 0 heterocycles. The van der Waals surface area contributed by atoms with Gasteiger partial charge in [0.05, 0.1) is 29.9 Å². The average molecular weight is 1400 g/mol. The number of aliphatic hydroxyl groups is 2. The maximum absolute atomic E-state index is 13.4. The molecule has 21 nitrogen and oxygen atoms in total. The van der Waals surface area contributed by atoms with E-state index in [9.17, 15) is 53.4 Å². The van der Waals surface area contributed by atoms with Crippen LogP contribution in [-0.4, -0.2) is 145 Å². The van der Waals surface area contributed by atoms with Crippen LogP contribution in [0.2, 0.25) is 0 Å². The Morgan fingerprint density at radius 2 is 0.727 bits per heavy atom. The molecule has 7 unspecified atom stereocenters. The highest BCUT2D eigenvalue weighted by molar-refractivity contribution is 6.03. The van der Waals surface area contributed by atoms with E-state index in [4.69, 9.17) is 47.7 Å². The van der Waals surface area contributed by atoms with Gasteiger partial charge in [-0.15, -0.1) is 0 Å². The Bertz CT molecular complexity index is 2400. The first-order valence-electron chi connectivity index (χ1n) is 37.5. The monoisotopic (exact) mass is 1400 g/mol. The number of ether oxygens (including phenoxy) is 9. The number of hydrogen-bond donors (Lipinski definition) is 3. The van der Waals surface area contributed by atoms with E-state index in [1.807, 2.05) is 6.92 Å². The third kappa shape index (κ3) is 48.9. The maximum Gasteiger partial charge on any atom is 0.339 e. The highest BCUT2D eigenvalue weighted by Crippen LogP contribution is 2.24. The summed E-state index contributed by atoms with van der Waals surface area (Å²) >= 11 is 0. The van der Waals surface area contributed by atoms with Crippen molar-refractivity contribution in [2.24, 2.45) is 0 Å². The lowest BCUT2D eigenvalue weighted by molar-refractivity contribution is -0.167. The molecule has 0 spiro atoms. The lowest BCUT2D eigenvalue weighted by atomic mass is 9.99. The molecule has 0 aliphatic rings. The van der Waals surface area contributed by atoms with Crippen LogP contribution in [0.15, 0.2) is 61.7 Å². The molecule has 0 aliphatic heterocycles. The summed E-state index contributed by atoms with van der Waals surface area (Å²) in [5.74, 6) is -5.92. The zero-order valence-electron chi connectivity index (χ0n) is 60.8. The van der Waals surface area contributed by atoms with Gasteiger partial charge in [-0.05, 0) is 95.6 Å². The van der Waals surface area contributed by atoms with Gasteiger partial charge in [-0.1, -0.05) is 213 Å². The molecule has 0 radical (unpaired) electrons. The fourth-order valence-corrected chi connectivity index (χ4v) is 11.4. The summed E-state index contributed by atoms with van der Waals surface area (Å²) in [6.07, 6.45) is 31.0. The number of esters is 8. The Hall–Kier alpha value is -6.45. The van der Waals surface area contributed by atoms with Crippen molar-refractivity contribution in [2.45, 2.75) is 333 Å². The predicted octanol–water partition coefficient (Wildman–Crippen LogP) is 15.9. The SMILES string of the molecule is C=CC(=O)OC(CCCCC)C(O)CCCCCCCCCCC(=O)OCC(COC(=O)CCCCCCCCCCC(O)C(CCCCC)OC(=O)c1ccccc1C(=O)OCCOC)OC(=O)CCCCCCCCCCC(OC(=O)C=C)C(CCCCC)OC(=O)/C=C/C(=O)O. The first-order chi connectivity index (χ1) is 47.9. The van der Waals surface area contributed by atoms with Crippen molar-refractivity contribution in [1.29, 1.82) is 0 Å². The van der Waals surface area contributed by atoms with Gasteiger partial charge in [0.15, 0.2) is 6.10 Å². The molecule has 0 saturated carbocycles. The molecule has 7 atom stereocenters. The molecular weight excluding hydrogens is 1270 g/mol. The zero-order valence-corrected chi connectivity index (χ0v) is 60.8. The first kappa shape index (κ1) is 90.6. The third-order valence-electron chi connectivity index (χ3n) is 17.2. The number of carbonyl (C=O) groups excluding carboxylic acids is 8. The van der Waals surface area contributed by atoms with Crippen LogP contribution in [0.4, 0.5) is 0 Å². The largest absolute Gasteiger partial charge is 0.478 e. The Labute approximate surface area is 591 Å². The summed E-state index contributed by atoms with van der Waals surface area (Å²) in [6, 6.07) is 6.32. The molecular formula is C78H126O21. The zero-order chi connectivity index (χ0) is 72.9. The topological polar surface area (TPSA) is 297 Å². The average Bonchev–Trinajstić information content (AvgIpc) is 0.848. The van der Waals surface area contributed by atoms with E-state index in [0.29, 0.717) is 70.3 Å². The van der Waals surface area contributed by atoms with Crippen LogP contribution >= 0.6 is 0 Å². The number of aliphatic hydroxyl groups excluding tert-OH is 2. The molecule has 0 amide bonds. The van der Waals surface area contributed by atoms with E-state index < -0.39 is 96.5 Å². The minimum atomic E-state index is -1.28. The van der Waals surface area contributed by atoms with Gasteiger partial charge in [0.2, 0.25) is 0 Å². The first-order valence-corrected chi connectivity index (χ1v) is 37.5. The summed E-state index contributed by atoms with van der Waals surface area (Å²) < 4.78 is 49.6. The Balaban J connectivity index is 2.68. The van der Waals surface area contributed by atoms with Crippen LogP contribution < -0.4 is 0 Å². The van der Waals surface area contributed by atoms with E-state index in [0.717, 1.165) is 204 Å². The van der Waals surface area contributed by atoms with Crippen molar-refractivity contribution in [3.8, 4) is 0 Å². The van der Waals surface area contributed by atoms with E-state index >= 15 is 0 Å². The van der Waals surface area contributed by atoms with Gasteiger partial charge in [-0.2, -0.15) is 0 Å². The molecule has 564 valence electrons. The van der Waals surface area contributed by atoms with Crippen molar-refractivity contribution in [3.63, 3.8) is 0 Å². The molecule has 3 N–H and O–H groups in total. The highest BCUT2D eigenvalue weighted by Gasteiger charge is 2.30. The van der Waals surface area contributed by atoms with Gasteiger partial charge in [0.25, 0.3) is 0 Å². The lowest BCUT2D eigenvalue weighted by Gasteiger charge is -2.26. The molecule has 1 aromatic carbocycles. The number of rotatable bonds is 66. The van der Waals surface area contributed by atoms with Crippen LogP contribution in [0.5, 0.6) is 0 Å². The fourth-order valence-electron chi connectivity index (χ4n) is 11.4. The number of benzene rings is 1. The summed E-state index contributed by atoms with van der Waals surface area (Å²) in [7, 11) is 1.50. The molecule has 0 bridgehead atoms. The van der Waals surface area contributed by atoms with Crippen LogP contribution in [0.1, 0.15) is 311 Å². The van der Waals surface area contributed by atoms with Crippen molar-refractivity contribution >= 4 is 53.7 Å². The van der Waals surface area contributed by atoms with E-state index in [2.05, 4.69) is 27.0 Å². The molecule has 0 fully saturated rings. The molecule has 1 rings (SSSR count). The standard InChI is InChI=1S/C78H126O21/c1-7-12-33-48-66(96-71(83)10-4)64(79)46-36-27-21-15-18-24-30-39-52-73(85)93-59-61(95-75(87)54-41-32-26-20-17-23-29-38-51-68(97-72(84)11-5)69(50-35-14-9-3)98-76(88)56-55-70(81)82)60-94-74(86)53-40-31-25-19-16-22-28-37-47-65(80)67(49-34-13-8-2)99-78(90)63-45-43-42-44-62(63)77(89)92-58-57-91-6/h10-11,42-45,55-56,61,64-69,79-80H,4-5,7-9,12-41,46-54,57-60H2,1-3,6H3,(H,81,82)/b56-55+. The molecule has 99 heavy (non-hydrogen) atoms. The summed E-state index contributed by atoms with van der Waals surface area (Å²) in [5, 5.41) is 30.9. The second-order valence-corrected chi connectivity index (χ2v) is 25.8. The second-order valence-electron chi connectivity index (χ2n) is 25.8. The third-order valence-corrected chi connectivity index (χ3v) is 17.2. The predicted molar refractivity (Wildman–Crippen MR) is 379 cm³/mol. The maximum atomic E-state index is 13.4. The van der Waals surface area contributed by atoms with Crippen molar-refractivity contribution in [2.75, 3.05) is 33.5 Å². The van der Waals surface area contributed by atoms with Crippen LogP contribution in [0.25, 0.3) is 0 Å². The number of aliphatic carboxylic acids is 1. The van der Waals surface area contributed by atoms with E-state index in [1.165, 1.54) is 19.2 Å². The van der Waals surface area contributed by atoms with Crippen molar-refractivity contribution < 1.29 is 101 Å². The molecule has 1 aromatic rings. The number of unbranched alkanes of at least 4 members (excludes halogenated alkanes) is 27. The van der Waals surface area contributed by atoms with Crippen molar-refractivity contribution in [1.82, 2.24) is 0 Å². The van der Waals surface area contributed by atoms with Gasteiger partial charge >= 0.3 is 53.7 Å². The van der Waals surface area contributed by atoms with E-state index in [1.54, 1.807) is 12.1 Å². The minimum Gasteiger partial charge on any atom is -0.478 e. The number of carbonyl (C=O) groups is 9. The van der Waals surface area contributed by atoms with Gasteiger partial charge in [-0.3, -0.25) is 14.4 Å². The van der Waals surface area contributed by atoms with Crippen molar-refractivity contribution in [3.05, 3.63) is 72.9 Å². The quantitative estimate of drug-likeness (QED) is 0.0236. The Morgan fingerprint density at radius 3 is 1.13 bits per heavy atom. The lowest BCUT2D eigenvalue weighted by Crippen LogP contribution is -2.35. The summed E-state index contributed by atoms with van der Waals surface area (Å²) in [4.78, 5) is 113. The number of hydrogen-bond acceptors (Lipinski definition) is 20.